The van der Waals surface area contributed by atoms with Crippen LogP contribution in [0.25, 0.3) is 0 Å². The summed E-state index contributed by atoms with van der Waals surface area (Å²) < 4.78 is 5.41. The first-order chi connectivity index (χ1) is 12.9. The van der Waals surface area contributed by atoms with Crippen LogP contribution in [0.1, 0.15) is 26.2 Å². The fourth-order valence-corrected chi connectivity index (χ4v) is 3.38. The van der Waals surface area contributed by atoms with Crippen molar-refractivity contribution < 1.29 is 19.1 Å². The number of unbranched alkanes of at least 4 members (excludes halogenated alkanes) is 1. The predicted octanol–water partition coefficient (Wildman–Crippen LogP) is 1.91. The van der Waals surface area contributed by atoms with Gasteiger partial charge in [0.2, 0.25) is 5.91 Å². The number of amides is 4. The lowest BCUT2D eigenvalue weighted by Crippen LogP contribution is -2.58. The van der Waals surface area contributed by atoms with Gasteiger partial charge in [-0.15, -0.1) is 0 Å². The first-order valence-corrected chi connectivity index (χ1v) is 9.28. The average Bonchev–Trinajstić information content (AvgIpc) is 2.66. The van der Waals surface area contributed by atoms with Crippen LogP contribution in [-0.4, -0.2) is 67.5 Å². The van der Waals surface area contributed by atoms with E-state index in [1.54, 1.807) is 42.1 Å². The molecule has 2 aliphatic rings. The molecule has 1 saturated heterocycles. The fourth-order valence-electron chi connectivity index (χ4n) is 3.38. The Kier molecular flexibility index (Phi) is 5.53. The van der Waals surface area contributed by atoms with Crippen molar-refractivity contribution in [1.29, 1.82) is 0 Å². The molecule has 0 bridgehead atoms. The molecule has 0 unspecified atom stereocenters. The van der Waals surface area contributed by atoms with E-state index in [9.17, 15) is 14.4 Å². The number of hydrogen-bond acceptors (Lipinski definition) is 4. The molecular formula is C19H26N4O4. The Labute approximate surface area is 159 Å². The standard InChI is InChI=1S/C19H26N4O4/c1-4-5-6-14-18(25)21(2)9-10-23(14)19(26)20-13-7-8-16-15(11-13)22(3)17(24)12-27-16/h7-8,11,14H,4-6,9-10,12H2,1-3H3,(H,20,26)/t14-/m0/s1. The number of fused-ring (bicyclic) bond motifs is 1. The van der Waals surface area contributed by atoms with Crippen molar-refractivity contribution in [3.05, 3.63) is 18.2 Å². The van der Waals surface area contributed by atoms with Crippen LogP contribution in [0.5, 0.6) is 5.75 Å². The number of rotatable bonds is 4. The minimum Gasteiger partial charge on any atom is -0.482 e. The number of nitrogens with one attached hydrogen (secondary N) is 1. The molecule has 1 fully saturated rings. The smallest absolute Gasteiger partial charge is 0.322 e. The topological polar surface area (TPSA) is 82.2 Å². The Morgan fingerprint density at radius 3 is 2.78 bits per heavy atom. The van der Waals surface area contributed by atoms with Crippen molar-refractivity contribution in [2.45, 2.75) is 32.2 Å². The molecule has 0 saturated carbocycles. The number of carbonyl (C=O) groups excluding carboxylic acids is 3. The van der Waals surface area contributed by atoms with Gasteiger partial charge >= 0.3 is 6.03 Å². The number of anilines is 2. The zero-order valence-corrected chi connectivity index (χ0v) is 16.0. The minimum absolute atomic E-state index is 0.0116. The zero-order valence-electron chi connectivity index (χ0n) is 16.0. The average molecular weight is 374 g/mol. The number of urea groups is 1. The molecule has 3 rings (SSSR count). The Bertz CT molecular complexity index is 751. The van der Waals surface area contributed by atoms with E-state index in [4.69, 9.17) is 4.74 Å². The van der Waals surface area contributed by atoms with Gasteiger partial charge in [0, 0.05) is 32.9 Å². The molecular weight excluding hydrogens is 348 g/mol. The maximum Gasteiger partial charge on any atom is 0.322 e. The summed E-state index contributed by atoms with van der Waals surface area (Å²) in [5.41, 5.74) is 1.17. The van der Waals surface area contributed by atoms with Crippen LogP contribution < -0.4 is 15.0 Å². The van der Waals surface area contributed by atoms with Crippen LogP contribution in [0.2, 0.25) is 0 Å². The maximum absolute atomic E-state index is 12.8. The number of piperazine rings is 1. The van der Waals surface area contributed by atoms with Crippen molar-refractivity contribution in [2.75, 3.05) is 44.0 Å². The van der Waals surface area contributed by atoms with Crippen LogP contribution in [0.4, 0.5) is 16.2 Å². The van der Waals surface area contributed by atoms with E-state index in [1.165, 1.54) is 4.90 Å². The minimum atomic E-state index is -0.436. The Balaban J connectivity index is 1.76. The van der Waals surface area contributed by atoms with Crippen LogP contribution in [0.15, 0.2) is 18.2 Å². The molecule has 0 radical (unpaired) electrons. The van der Waals surface area contributed by atoms with Gasteiger partial charge in [0.05, 0.1) is 5.69 Å². The second-order valence-corrected chi connectivity index (χ2v) is 6.97. The van der Waals surface area contributed by atoms with Gasteiger partial charge in [0.25, 0.3) is 5.91 Å². The molecule has 1 aromatic carbocycles. The lowest BCUT2D eigenvalue weighted by atomic mass is 10.0. The van der Waals surface area contributed by atoms with E-state index < -0.39 is 6.04 Å². The molecule has 1 aromatic rings. The fraction of sp³-hybridized carbons (Fsp3) is 0.526. The highest BCUT2D eigenvalue weighted by Crippen LogP contribution is 2.33. The molecule has 146 valence electrons. The molecule has 0 aromatic heterocycles. The SMILES string of the molecule is CCCC[C@H]1C(=O)N(C)CCN1C(=O)Nc1ccc2c(c1)N(C)C(=O)CO2. The maximum atomic E-state index is 12.8. The molecule has 8 heteroatoms. The molecule has 2 aliphatic heterocycles. The third kappa shape index (κ3) is 3.84. The van der Waals surface area contributed by atoms with Gasteiger partial charge in [-0.25, -0.2) is 4.79 Å². The summed E-state index contributed by atoms with van der Waals surface area (Å²) in [6.45, 7) is 3.09. The molecule has 4 amide bonds. The largest absolute Gasteiger partial charge is 0.482 e. The number of ether oxygens (including phenoxy) is 1. The van der Waals surface area contributed by atoms with E-state index in [2.05, 4.69) is 12.2 Å². The highest BCUT2D eigenvalue weighted by molar-refractivity contribution is 5.99. The van der Waals surface area contributed by atoms with E-state index in [-0.39, 0.29) is 24.5 Å². The Morgan fingerprint density at radius 2 is 2.04 bits per heavy atom. The number of carbonyl (C=O) groups is 3. The molecule has 8 nitrogen and oxygen atoms in total. The Morgan fingerprint density at radius 1 is 1.26 bits per heavy atom. The van der Waals surface area contributed by atoms with Gasteiger partial charge < -0.3 is 24.8 Å². The van der Waals surface area contributed by atoms with Gasteiger partial charge in [-0.2, -0.15) is 0 Å². The quantitative estimate of drug-likeness (QED) is 0.873. The van der Waals surface area contributed by atoms with Crippen LogP contribution in [0.3, 0.4) is 0 Å². The first-order valence-electron chi connectivity index (χ1n) is 9.28. The highest BCUT2D eigenvalue weighted by atomic mass is 16.5. The summed E-state index contributed by atoms with van der Waals surface area (Å²) >= 11 is 0. The third-order valence-corrected chi connectivity index (χ3v) is 5.10. The van der Waals surface area contributed by atoms with E-state index in [0.29, 0.717) is 36.6 Å². The molecule has 2 heterocycles. The van der Waals surface area contributed by atoms with E-state index in [0.717, 1.165) is 12.8 Å². The van der Waals surface area contributed by atoms with Gasteiger partial charge in [-0.1, -0.05) is 19.8 Å². The summed E-state index contributed by atoms with van der Waals surface area (Å²) in [7, 11) is 3.45. The van der Waals surface area contributed by atoms with Crippen molar-refractivity contribution >= 4 is 29.2 Å². The molecule has 0 spiro atoms. The number of benzene rings is 1. The predicted molar refractivity (Wildman–Crippen MR) is 102 cm³/mol. The van der Waals surface area contributed by atoms with E-state index >= 15 is 0 Å². The molecule has 1 N–H and O–H groups in total. The normalized spacial score (nSPS) is 19.7. The monoisotopic (exact) mass is 374 g/mol. The van der Waals surface area contributed by atoms with Gasteiger partial charge in [0.1, 0.15) is 11.8 Å². The van der Waals surface area contributed by atoms with Crippen molar-refractivity contribution in [2.24, 2.45) is 0 Å². The molecule has 27 heavy (non-hydrogen) atoms. The van der Waals surface area contributed by atoms with E-state index in [1.807, 2.05) is 0 Å². The molecule has 1 atom stereocenters. The zero-order chi connectivity index (χ0) is 19.6. The summed E-state index contributed by atoms with van der Waals surface area (Å²) in [5, 5.41) is 2.86. The number of likely N-dealkylation sites (N-methyl/N-ethyl adjacent to an activating group) is 2. The van der Waals surface area contributed by atoms with Crippen LogP contribution in [0, 0.1) is 0 Å². The first kappa shape index (κ1) is 19.0. The van der Waals surface area contributed by atoms with Crippen molar-refractivity contribution in [1.82, 2.24) is 9.80 Å². The highest BCUT2D eigenvalue weighted by Gasteiger charge is 2.35. The van der Waals surface area contributed by atoms with Crippen molar-refractivity contribution in [3.8, 4) is 5.75 Å². The number of nitrogens with zero attached hydrogens (tertiary/aromatic N) is 3. The second-order valence-electron chi connectivity index (χ2n) is 6.97. The van der Waals surface area contributed by atoms with Crippen LogP contribution in [-0.2, 0) is 9.59 Å². The van der Waals surface area contributed by atoms with Gasteiger partial charge in [-0.05, 0) is 24.6 Å². The van der Waals surface area contributed by atoms with Gasteiger partial charge in [-0.3, -0.25) is 9.59 Å². The number of hydrogen-bond donors (Lipinski definition) is 1. The van der Waals surface area contributed by atoms with Crippen LogP contribution >= 0.6 is 0 Å². The summed E-state index contributed by atoms with van der Waals surface area (Å²) in [6.07, 6.45) is 2.51. The lowest BCUT2D eigenvalue weighted by molar-refractivity contribution is -0.138. The summed E-state index contributed by atoms with van der Waals surface area (Å²) in [5.74, 6) is 0.440. The second kappa shape index (κ2) is 7.85. The molecule has 0 aliphatic carbocycles. The van der Waals surface area contributed by atoms with Crippen molar-refractivity contribution in [3.63, 3.8) is 0 Å². The summed E-state index contributed by atoms with van der Waals surface area (Å²) in [6, 6.07) is 4.44. The van der Waals surface area contributed by atoms with Gasteiger partial charge in [0.15, 0.2) is 6.61 Å². The third-order valence-electron chi connectivity index (χ3n) is 5.10. The Hall–Kier alpha value is -2.77. The summed E-state index contributed by atoms with van der Waals surface area (Å²) in [4.78, 5) is 42.0. The lowest BCUT2D eigenvalue weighted by Gasteiger charge is -2.39.